The molecule has 1 N–H and O–H groups in total. The molecular weight excluding hydrogens is 601 g/mol. The Balaban J connectivity index is 1.36. The van der Waals surface area contributed by atoms with Gasteiger partial charge in [0.05, 0.1) is 21.0 Å². The molecule has 2 aliphatic rings. The molecule has 9 heteroatoms. The number of halogens is 2. The number of hydrogen-bond donors (Lipinski definition) is 1. The average molecular weight is 643 g/mol. The summed E-state index contributed by atoms with van der Waals surface area (Å²) in [5.74, 6) is -0.202. The number of amides is 1. The number of fused-ring (bicyclic) bond motifs is 2. The van der Waals surface area contributed by atoms with Crippen molar-refractivity contribution in [3.63, 3.8) is 0 Å². The zero-order valence-corrected chi connectivity index (χ0v) is 27.7. The molecule has 1 spiro atoms. The first-order chi connectivity index (χ1) is 20.4. The van der Waals surface area contributed by atoms with Gasteiger partial charge in [-0.1, -0.05) is 64.7 Å². The first-order valence-corrected chi connectivity index (χ1v) is 17.3. The number of hydrogen-bond acceptors (Lipinski definition) is 4. The molecule has 2 atom stereocenters. The fourth-order valence-corrected chi connectivity index (χ4v) is 8.84. The third-order valence-corrected chi connectivity index (χ3v) is 12.1. The summed E-state index contributed by atoms with van der Waals surface area (Å²) in [5, 5.41) is 3.71. The number of sulfonamides is 1. The van der Waals surface area contributed by atoms with Crippen molar-refractivity contribution in [2.75, 3.05) is 37.5 Å². The molecule has 43 heavy (non-hydrogen) atoms. The molecule has 0 bridgehead atoms. The van der Waals surface area contributed by atoms with Gasteiger partial charge in [0.25, 0.3) is 5.91 Å². The number of para-hydroxylation sites is 1. The molecule has 3 aromatic carbocycles. The van der Waals surface area contributed by atoms with Crippen LogP contribution in [-0.2, 0) is 15.4 Å². The summed E-state index contributed by atoms with van der Waals surface area (Å²) in [4.78, 5) is 15.2. The molecule has 1 fully saturated rings. The summed E-state index contributed by atoms with van der Waals surface area (Å²) >= 11 is 12.6. The lowest BCUT2D eigenvalue weighted by Crippen LogP contribution is -2.45. The van der Waals surface area contributed by atoms with Crippen LogP contribution in [0.2, 0.25) is 10.0 Å². The van der Waals surface area contributed by atoms with Crippen molar-refractivity contribution in [1.29, 1.82) is 0 Å². The number of aryl methyl sites for hydroxylation is 2. The van der Waals surface area contributed by atoms with E-state index in [9.17, 15) is 13.2 Å². The van der Waals surface area contributed by atoms with Gasteiger partial charge < -0.3 is 10.2 Å². The second-order valence-corrected chi connectivity index (χ2v) is 15.5. The molecule has 1 amide bonds. The van der Waals surface area contributed by atoms with Crippen molar-refractivity contribution in [2.45, 2.75) is 63.0 Å². The Labute approximate surface area is 266 Å². The Morgan fingerprint density at radius 1 is 0.977 bits per heavy atom. The largest absolute Gasteiger partial charge is 0.341 e. The van der Waals surface area contributed by atoms with Crippen molar-refractivity contribution >= 4 is 44.8 Å². The number of nitrogens with zero attached hydrogens (tertiary/aromatic N) is 2. The second kappa shape index (κ2) is 12.8. The predicted octanol–water partition coefficient (Wildman–Crippen LogP) is 7.11. The second-order valence-electron chi connectivity index (χ2n) is 12.4. The van der Waals surface area contributed by atoms with Gasteiger partial charge in [-0.2, -0.15) is 0 Å². The van der Waals surface area contributed by atoms with Crippen molar-refractivity contribution in [3.8, 4) is 0 Å². The van der Waals surface area contributed by atoms with Gasteiger partial charge in [0.15, 0.2) is 0 Å². The normalized spacial score (nSPS) is 17.5. The molecule has 0 saturated carbocycles. The highest BCUT2D eigenvalue weighted by molar-refractivity contribution is 7.93. The quantitative estimate of drug-likeness (QED) is 0.270. The van der Waals surface area contributed by atoms with E-state index in [-0.39, 0.29) is 17.2 Å². The highest BCUT2D eigenvalue weighted by Crippen LogP contribution is 2.47. The van der Waals surface area contributed by atoms with Gasteiger partial charge in [-0.15, -0.1) is 0 Å². The Bertz CT molecular complexity index is 1580. The van der Waals surface area contributed by atoms with Gasteiger partial charge in [-0.05, 0) is 101 Å². The van der Waals surface area contributed by atoms with Gasteiger partial charge in [0.2, 0.25) is 10.0 Å². The van der Waals surface area contributed by atoms with Crippen molar-refractivity contribution in [3.05, 3.63) is 98.5 Å². The lowest BCUT2D eigenvalue weighted by Gasteiger charge is -2.35. The van der Waals surface area contributed by atoms with Crippen LogP contribution in [0.3, 0.4) is 0 Å². The molecule has 0 radical (unpaired) electrons. The first-order valence-electron chi connectivity index (χ1n) is 15.0. The van der Waals surface area contributed by atoms with Gasteiger partial charge in [0, 0.05) is 37.0 Å². The fourth-order valence-electron chi connectivity index (χ4n) is 6.81. The number of piperidine rings is 1. The predicted molar refractivity (Wildman–Crippen MR) is 177 cm³/mol. The van der Waals surface area contributed by atoms with Crippen LogP contribution in [0.25, 0.3) is 0 Å². The van der Waals surface area contributed by atoms with Crippen LogP contribution in [0.15, 0.2) is 60.7 Å². The monoisotopic (exact) mass is 641 g/mol. The zero-order valence-electron chi connectivity index (χ0n) is 25.4. The van der Waals surface area contributed by atoms with E-state index in [4.69, 9.17) is 23.2 Å². The first kappa shape index (κ1) is 31.8. The summed E-state index contributed by atoms with van der Waals surface area (Å²) < 4.78 is 30.0. The number of benzene rings is 3. The number of anilines is 1. The Morgan fingerprint density at radius 3 is 2.33 bits per heavy atom. The van der Waals surface area contributed by atoms with Crippen LogP contribution in [0.1, 0.15) is 71.1 Å². The van der Waals surface area contributed by atoms with Crippen LogP contribution < -0.4 is 9.62 Å². The SMILES string of the molecule is Cc1cc(C)cc(C(=O)N(C)C[C@@H](CCC(C)S(=O)(=O)N2CC3(CCNCC3)c3ccccc32)c2ccc(Cl)c(Cl)c2)c1. The van der Waals surface area contributed by atoms with Crippen LogP contribution in [0.4, 0.5) is 5.69 Å². The van der Waals surface area contributed by atoms with Gasteiger partial charge in [0.1, 0.15) is 0 Å². The van der Waals surface area contributed by atoms with E-state index in [0.717, 1.165) is 53.9 Å². The number of carbonyl (C=O) groups excluding carboxylic acids is 1. The zero-order chi connectivity index (χ0) is 30.9. The molecule has 0 aromatic heterocycles. The Hall–Kier alpha value is -2.58. The number of nitrogens with one attached hydrogen (secondary N) is 1. The van der Waals surface area contributed by atoms with Crippen LogP contribution in [-0.4, -0.2) is 57.7 Å². The van der Waals surface area contributed by atoms with Crippen LogP contribution in [0.5, 0.6) is 0 Å². The van der Waals surface area contributed by atoms with E-state index < -0.39 is 15.3 Å². The molecule has 0 aliphatic carbocycles. The molecule has 2 heterocycles. The molecule has 2 aliphatic heterocycles. The van der Waals surface area contributed by atoms with E-state index in [1.165, 1.54) is 0 Å². The number of carbonyl (C=O) groups is 1. The van der Waals surface area contributed by atoms with E-state index >= 15 is 0 Å². The number of likely N-dealkylation sites (N-methyl/N-ethyl adjacent to an activating group) is 1. The number of rotatable bonds is 9. The average Bonchev–Trinajstić information content (AvgIpc) is 3.30. The lowest BCUT2D eigenvalue weighted by molar-refractivity contribution is 0.0784. The maximum Gasteiger partial charge on any atom is 0.253 e. The smallest absolute Gasteiger partial charge is 0.253 e. The third-order valence-electron chi connectivity index (χ3n) is 9.21. The molecule has 230 valence electrons. The molecule has 3 aromatic rings. The molecular formula is C34H41Cl2N3O3S. The van der Waals surface area contributed by atoms with E-state index in [0.29, 0.717) is 41.5 Å². The lowest BCUT2D eigenvalue weighted by atomic mass is 9.75. The third kappa shape index (κ3) is 6.60. The summed E-state index contributed by atoms with van der Waals surface area (Å²) in [7, 11) is -1.84. The van der Waals surface area contributed by atoms with Crippen molar-refractivity contribution in [1.82, 2.24) is 10.2 Å². The minimum absolute atomic E-state index is 0.0709. The maximum atomic E-state index is 14.2. The van der Waals surface area contributed by atoms with E-state index in [1.807, 2.05) is 69.3 Å². The van der Waals surface area contributed by atoms with Crippen molar-refractivity contribution < 1.29 is 13.2 Å². The Morgan fingerprint density at radius 2 is 1.65 bits per heavy atom. The summed E-state index contributed by atoms with van der Waals surface area (Å²) in [5.41, 5.74) is 5.46. The molecule has 5 rings (SSSR count). The van der Waals surface area contributed by atoms with Gasteiger partial charge >= 0.3 is 0 Å². The summed E-state index contributed by atoms with van der Waals surface area (Å²) in [6, 6.07) is 19.3. The van der Waals surface area contributed by atoms with Crippen LogP contribution >= 0.6 is 23.2 Å². The fraction of sp³-hybridized carbons (Fsp3) is 0.441. The highest BCUT2D eigenvalue weighted by atomic mass is 35.5. The van der Waals surface area contributed by atoms with Crippen LogP contribution in [0, 0.1) is 13.8 Å². The van der Waals surface area contributed by atoms with Gasteiger partial charge in [-0.3, -0.25) is 9.10 Å². The topological polar surface area (TPSA) is 69.7 Å². The molecule has 1 unspecified atom stereocenters. The summed E-state index contributed by atoms with van der Waals surface area (Å²) in [6.07, 6.45) is 2.84. The minimum atomic E-state index is -3.63. The standard InChI is InChI=1S/C34H41Cl2N3O3S/c1-23-17-24(2)19-28(18-23)33(40)38(4)21-27(26-11-12-30(35)31(36)20-26)10-9-25(3)43(41,42)39-22-34(13-15-37-16-14-34)29-7-5-6-8-32(29)39/h5-8,11-12,17-20,25,27,37H,9-10,13-16,21-22H2,1-4H3/t25?,27-/m1/s1. The summed E-state index contributed by atoms with van der Waals surface area (Å²) in [6.45, 7) is 8.45. The Kier molecular flexibility index (Phi) is 9.48. The molecule has 6 nitrogen and oxygen atoms in total. The maximum absolute atomic E-state index is 14.2. The van der Waals surface area contributed by atoms with Gasteiger partial charge in [-0.25, -0.2) is 8.42 Å². The highest BCUT2D eigenvalue weighted by Gasteiger charge is 2.47. The van der Waals surface area contributed by atoms with E-state index in [1.54, 1.807) is 22.3 Å². The van der Waals surface area contributed by atoms with E-state index in [2.05, 4.69) is 11.4 Å². The minimum Gasteiger partial charge on any atom is -0.341 e. The van der Waals surface area contributed by atoms with Crippen molar-refractivity contribution in [2.24, 2.45) is 0 Å². The molecule has 1 saturated heterocycles.